The van der Waals surface area contributed by atoms with E-state index in [2.05, 4.69) is 27.0 Å². The summed E-state index contributed by atoms with van der Waals surface area (Å²) in [6.45, 7) is 2.22. The number of aromatic hydroxyl groups is 1. The number of nitrogens with zero attached hydrogens (tertiary/aromatic N) is 2. The monoisotopic (exact) mass is 365 g/mol. The van der Waals surface area contributed by atoms with Gasteiger partial charge in [0.2, 0.25) is 0 Å². The van der Waals surface area contributed by atoms with Crippen LogP contribution >= 0.6 is 0 Å². The molecular weight excluding hydrogens is 341 g/mol. The normalized spacial score (nSPS) is 16.0. The van der Waals surface area contributed by atoms with Gasteiger partial charge in [-0.25, -0.2) is 4.39 Å². The summed E-state index contributed by atoms with van der Waals surface area (Å²) in [7, 11) is 0. The molecule has 0 unspecified atom stereocenters. The van der Waals surface area contributed by atoms with Crippen molar-refractivity contribution in [1.82, 2.24) is 4.98 Å². The molecule has 2 aromatic carbocycles. The van der Waals surface area contributed by atoms with E-state index in [1.165, 1.54) is 49.9 Å². The van der Waals surface area contributed by atoms with Crippen LogP contribution in [0.25, 0.3) is 10.9 Å². The summed E-state index contributed by atoms with van der Waals surface area (Å²) >= 11 is 0. The third kappa shape index (κ3) is 3.97. The Morgan fingerprint density at radius 3 is 2.41 bits per heavy atom. The molecule has 0 spiro atoms. The van der Waals surface area contributed by atoms with Crippen molar-refractivity contribution in [2.75, 3.05) is 18.0 Å². The van der Waals surface area contributed by atoms with E-state index in [-0.39, 0.29) is 11.7 Å². The minimum Gasteiger partial charge on any atom is -0.494 e. The quantitative estimate of drug-likeness (QED) is 0.599. The molecule has 0 atom stereocenters. The second kappa shape index (κ2) is 7.82. The predicted octanol–water partition coefficient (Wildman–Crippen LogP) is 5.53. The van der Waals surface area contributed by atoms with Gasteiger partial charge < -0.3 is 15.0 Å². The molecule has 1 fully saturated rings. The van der Waals surface area contributed by atoms with Crippen molar-refractivity contribution >= 4 is 28.5 Å². The van der Waals surface area contributed by atoms with Crippen molar-refractivity contribution in [2.45, 2.75) is 32.1 Å². The van der Waals surface area contributed by atoms with Crippen LogP contribution in [-0.2, 0) is 0 Å². The van der Waals surface area contributed by atoms with Gasteiger partial charge in [0.25, 0.3) is 0 Å². The molecule has 0 amide bonds. The van der Waals surface area contributed by atoms with Crippen LogP contribution in [0.1, 0.15) is 37.7 Å². The Bertz CT molecular complexity index is 938. The number of halogens is 1. The van der Waals surface area contributed by atoms with Gasteiger partial charge in [-0.05, 0) is 55.3 Å². The smallest absolute Gasteiger partial charge is 0.198 e. The molecule has 1 aromatic heterocycles. The Hall–Kier alpha value is -2.82. The highest BCUT2D eigenvalue weighted by Gasteiger charge is 2.11. The van der Waals surface area contributed by atoms with E-state index in [9.17, 15) is 9.50 Å². The van der Waals surface area contributed by atoms with Gasteiger partial charge in [0.1, 0.15) is 5.82 Å². The minimum absolute atomic E-state index is 0.00315. The van der Waals surface area contributed by atoms with Crippen LogP contribution in [0.15, 0.2) is 47.5 Å². The van der Waals surface area contributed by atoms with E-state index >= 15 is 0 Å². The molecular formula is C22H24FN3O. The lowest BCUT2D eigenvalue weighted by Gasteiger charge is -2.26. The lowest BCUT2D eigenvalue weighted by molar-refractivity contribution is 0.457. The van der Waals surface area contributed by atoms with E-state index < -0.39 is 0 Å². The molecule has 3 aromatic rings. The average Bonchev–Trinajstić information content (AvgIpc) is 2.95. The van der Waals surface area contributed by atoms with Crippen molar-refractivity contribution < 1.29 is 9.50 Å². The van der Waals surface area contributed by atoms with Gasteiger partial charge >= 0.3 is 0 Å². The fourth-order valence-corrected chi connectivity index (χ4v) is 3.70. The summed E-state index contributed by atoms with van der Waals surface area (Å²) in [6, 6.07) is 12.5. The first-order chi connectivity index (χ1) is 13.2. The van der Waals surface area contributed by atoms with E-state index in [1.54, 1.807) is 12.3 Å². The number of fused-ring (bicyclic) bond motifs is 1. The number of aliphatic imine (C=N–C) groups is 1. The van der Waals surface area contributed by atoms with Crippen LogP contribution in [0.4, 0.5) is 15.8 Å². The van der Waals surface area contributed by atoms with Gasteiger partial charge in [0.15, 0.2) is 5.88 Å². The Morgan fingerprint density at radius 1 is 0.963 bits per heavy atom. The van der Waals surface area contributed by atoms with E-state index in [0.717, 1.165) is 18.8 Å². The number of benzene rings is 2. The summed E-state index contributed by atoms with van der Waals surface area (Å²) in [6.07, 6.45) is 8.05. The van der Waals surface area contributed by atoms with E-state index in [1.807, 2.05) is 12.1 Å². The SMILES string of the molecule is Oc1[nH]c2ccc(F)cc2c1C=Nc1ccc(N2CCCCCCC2)cc1. The molecule has 1 aliphatic rings. The molecule has 2 heterocycles. The van der Waals surface area contributed by atoms with Gasteiger partial charge in [0.05, 0.1) is 11.3 Å². The van der Waals surface area contributed by atoms with E-state index in [0.29, 0.717) is 16.5 Å². The predicted molar refractivity (Wildman–Crippen MR) is 109 cm³/mol. The fourth-order valence-electron chi connectivity index (χ4n) is 3.70. The van der Waals surface area contributed by atoms with Gasteiger partial charge in [-0.2, -0.15) is 0 Å². The summed E-state index contributed by atoms with van der Waals surface area (Å²) in [4.78, 5) is 9.75. The van der Waals surface area contributed by atoms with Crippen molar-refractivity contribution in [2.24, 2.45) is 4.99 Å². The fraction of sp³-hybridized carbons (Fsp3) is 0.318. The average molecular weight is 365 g/mol. The molecule has 0 radical (unpaired) electrons. The van der Waals surface area contributed by atoms with Gasteiger partial charge in [-0.1, -0.05) is 19.3 Å². The third-order valence-corrected chi connectivity index (χ3v) is 5.19. The Morgan fingerprint density at radius 2 is 1.67 bits per heavy atom. The third-order valence-electron chi connectivity index (χ3n) is 5.19. The zero-order valence-corrected chi connectivity index (χ0v) is 15.3. The second-order valence-corrected chi connectivity index (χ2v) is 7.11. The molecule has 4 nitrogen and oxygen atoms in total. The molecule has 1 aliphatic heterocycles. The van der Waals surface area contributed by atoms with Crippen LogP contribution in [0.2, 0.25) is 0 Å². The summed E-state index contributed by atoms with van der Waals surface area (Å²) in [5, 5.41) is 10.7. The number of nitrogens with one attached hydrogen (secondary N) is 1. The Balaban J connectivity index is 1.53. The lowest BCUT2D eigenvalue weighted by atomic mass is 10.1. The maximum absolute atomic E-state index is 13.5. The Kier molecular flexibility index (Phi) is 5.10. The number of anilines is 1. The molecule has 0 bridgehead atoms. The van der Waals surface area contributed by atoms with Crippen molar-refractivity contribution in [3.05, 3.63) is 53.8 Å². The highest BCUT2D eigenvalue weighted by molar-refractivity contribution is 6.02. The second-order valence-electron chi connectivity index (χ2n) is 7.11. The van der Waals surface area contributed by atoms with Crippen LogP contribution in [0.5, 0.6) is 5.88 Å². The number of aromatic nitrogens is 1. The first-order valence-electron chi connectivity index (χ1n) is 9.60. The lowest BCUT2D eigenvalue weighted by Crippen LogP contribution is -2.26. The van der Waals surface area contributed by atoms with Crippen LogP contribution in [0.3, 0.4) is 0 Å². The van der Waals surface area contributed by atoms with Crippen LogP contribution < -0.4 is 4.90 Å². The molecule has 2 N–H and O–H groups in total. The van der Waals surface area contributed by atoms with Crippen molar-refractivity contribution in [1.29, 1.82) is 0 Å². The van der Waals surface area contributed by atoms with Gasteiger partial charge in [0, 0.05) is 35.9 Å². The first-order valence-corrected chi connectivity index (χ1v) is 9.60. The molecule has 27 heavy (non-hydrogen) atoms. The maximum Gasteiger partial charge on any atom is 0.198 e. The standard InChI is InChI=1S/C22H24FN3O/c23-16-6-11-21-19(14-16)20(22(27)25-21)15-24-17-7-9-18(10-8-17)26-12-4-2-1-3-5-13-26/h6-11,14-15,25,27H,1-5,12-13H2. The van der Waals surface area contributed by atoms with Crippen LogP contribution in [0, 0.1) is 5.82 Å². The Labute approximate surface area is 158 Å². The molecule has 1 saturated heterocycles. The highest BCUT2D eigenvalue weighted by atomic mass is 19.1. The summed E-state index contributed by atoms with van der Waals surface area (Å²) < 4.78 is 13.5. The van der Waals surface area contributed by atoms with E-state index in [4.69, 9.17) is 0 Å². The number of hydrogen-bond acceptors (Lipinski definition) is 3. The number of H-pyrrole nitrogens is 1. The van der Waals surface area contributed by atoms with Crippen molar-refractivity contribution in [3.63, 3.8) is 0 Å². The molecule has 0 aliphatic carbocycles. The maximum atomic E-state index is 13.5. The number of hydrogen-bond donors (Lipinski definition) is 2. The topological polar surface area (TPSA) is 51.6 Å². The zero-order valence-electron chi connectivity index (χ0n) is 15.3. The minimum atomic E-state index is -0.339. The molecule has 0 saturated carbocycles. The molecule has 5 heteroatoms. The molecule has 4 rings (SSSR count). The summed E-state index contributed by atoms with van der Waals surface area (Å²) in [5.74, 6) is -0.342. The zero-order chi connectivity index (χ0) is 18.6. The summed E-state index contributed by atoms with van der Waals surface area (Å²) in [5.41, 5.74) is 3.21. The molecule has 140 valence electrons. The van der Waals surface area contributed by atoms with Crippen LogP contribution in [-0.4, -0.2) is 29.4 Å². The van der Waals surface area contributed by atoms with Gasteiger partial charge in [-0.3, -0.25) is 4.99 Å². The highest BCUT2D eigenvalue weighted by Crippen LogP contribution is 2.27. The first kappa shape index (κ1) is 17.6. The number of rotatable bonds is 3. The van der Waals surface area contributed by atoms with Gasteiger partial charge in [-0.15, -0.1) is 0 Å². The number of aromatic amines is 1. The largest absolute Gasteiger partial charge is 0.494 e. The van der Waals surface area contributed by atoms with Crippen molar-refractivity contribution in [3.8, 4) is 5.88 Å².